The van der Waals surface area contributed by atoms with Crippen LogP contribution in [0.5, 0.6) is 5.75 Å². The van der Waals surface area contributed by atoms with Gasteiger partial charge in [0, 0.05) is 16.7 Å². The number of fused-ring (bicyclic) bond motifs is 2. The Morgan fingerprint density at radius 2 is 1.69 bits per heavy atom. The summed E-state index contributed by atoms with van der Waals surface area (Å²) in [5.74, 6) is 2.44. The summed E-state index contributed by atoms with van der Waals surface area (Å²) in [4.78, 5) is 30.6. The summed E-state index contributed by atoms with van der Waals surface area (Å²) in [7, 11) is 0. The van der Waals surface area contributed by atoms with Gasteiger partial charge in [-0.3, -0.25) is 9.59 Å². The van der Waals surface area contributed by atoms with Gasteiger partial charge in [0.05, 0.1) is 21.4 Å². The zero-order valence-electron chi connectivity index (χ0n) is 17.2. The van der Waals surface area contributed by atoms with E-state index in [2.05, 4.69) is 5.92 Å². The number of benzene rings is 3. The van der Waals surface area contributed by atoms with Crippen molar-refractivity contribution in [2.75, 3.05) is 6.61 Å². The van der Waals surface area contributed by atoms with E-state index in [0.29, 0.717) is 22.4 Å². The number of terminal acetylenes is 1. The highest BCUT2D eigenvalue weighted by molar-refractivity contribution is 7.21. The van der Waals surface area contributed by atoms with Crippen molar-refractivity contribution < 1.29 is 14.3 Å². The van der Waals surface area contributed by atoms with Crippen molar-refractivity contribution in [1.29, 1.82) is 0 Å². The van der Waals surface area contributed by atoms with Crippen LogP contribution in [0, 0.1) is 19.3 Å². The topological polar surface area (TPSA) is 56.3 Å². The van der Waals surface area contributed by atoms with Crippen LogP contribution in [0.2, 0.25) is 0 Å². The molecule has 0 N–H and O–H groups in total. The van der Waals surface area contributed by atoms with E-state index in [1.54, 1.807) is 41.7 Å². The van der Waals surface area contributed by atoms with Gasteiger partial charge in [-0.05, 0) is 42.8 Å². The smallest absolute Gasteiger partial charge is 0.197 e. The predicted octanol–water partition coefficient (Wildman–Crippen LogP) is 5.75. The standard InChI is InChI=1S/C27H17NO3S/c1-3-12-31-26-17(15-20-24(29)18-8-4-5-9-19(18)25(20)30)13-16(2)14-21(26)27-28-22-10-6-7-11-23(22)32-27/h1,4-11,13-15H,12H2,2H3. The number of hydrogen-bond acceptors (Lipinski definition) is 5. The first-order chi connectivity index (χ1) is 15.6. The molecule has 1 aliphatic rings. The number of carbonyl (C=O) groups is 2. The van der Waals surface area contributed by atoms with Gasteiger partial charge in [-0.25, -0.2) is 4.98 Å². The molecule has 1 aliphatic carbocycles. The summed E-state index contributed by atoms with van der Waals surface area (Å²) in [6.07, 6.45) is 7.07. The zero-order valence-corrected chi connectivity index (χ0v) is 18.0. The molecule has 4 aromatic rings. The highest BCUT2D eigenvalue weighted by Crippen LogP contribution is 2.40. The highest BCUT2D eigenvalue weighted by Gasteiger charge is 2.33. The van der Waals surface area contributed by atoms with Crippen LogP contribution in [0.4, 0.5) is 0 Å². The van der Waals surface area contributed by atoms with Crippen LogP contribution >= 0.6 is 11.3 Å². The molecule has 154 valence electrons. The van der Waals surface area contributed by atoms with Crippen molar-refractivity contribution in [2.24, 2.45) is 0 Å². The van der Waals surface area contributed by atoms with E-state index >= 15 is 0 Å². The number of carbonyl (C=O) groups excluding carboxylic acids is 2. The van der Waals surface area contributed by atoms with E-state index in [1.807, 2.05) is 43.3 Å². The van der Waals surface area contributed by atoms with Gasteiger partial charge in [-0.15, -0.1) is 17.8 Å². The largest absolute Gasteiger partial charge is 0.480 e. The number of ketones is 2. The Hall–Kier alpha value is -4.01. The molecule has 1 heterocycles. The molecule has 0 aliphatic heterocycles. The van der Waals surface area contributed by atoms with E-state index in [-0.39, 0.29) is 23.7 Å². The summed E-state index contributed by atoms with van der Waals surface area (Å²) in [5.41, 5.74) is 4.23. The van der Waals surface area contributed by atoms with Crippen molar-refractivity contribution in [3.8, 4) is 28.7 Å². The molecule has 0 amide bonds. The van der Waals surface area contributed by atoms with Crippen LogP contribution in [0.15, 0.2) is 66.2 Å². The SMILES string of the molecule is C#CCOc1c(C=C2C(=O)c3ccccc3C2=O)cc(C)cc1-c1nc2ccccc2s1. The number of allylic oxidation sites excluding steroid dienone is 1. The highest BCUT2D eigenvalue weighted by atomic mass is 32.1. The quantitative estimate of drug-likeness (QED) is 0.233. The average molecular weight is 436 g/mol. The lowest BCUT2D eigenvalue weighted by Gasteiger charge is -2.13. The fraction of sp³-hybridized carbons (Fsp3) is 0.0741. The van der Waals surface area contributed by atoms with E-state index in [9.17, 15) is 9.59 Å². The van der Waals surface area contributed by atoms with Crippen molar-refractivity contribution in [1.82, 2.24) is 4.98 Å². The van der Waals surface area contributed by atoms with Crippen molar-refractivity contribution in [2.45, 2.75) is 6.92 Å². The Kier molecular flexibility index (Phi) is 4.93. The molecule has 5 rings (SSSR count). The van der Waals surface area contributed by atoms with E-state index in [0.717, 1.165) is 26.4 Å². The maximum atomic E-state index is 12.9. The molecule has 0 spiro atoms. The molecule has 1 aromatic heterocycles. The minimum absolute atomic E-state index is 0.0548. The van der Waals surface area contributed by atoms with Crippen LogP contribution in [-0.4, -0.2) is 23.2 Å². The number of rotatable bonds is 4. The molecule has 5 heteroatoms. The fourth-order valence-corrected chi connectivity index (χ4v) is 4.87. The fourth-order valence-electron chi connectivity index (χ4n) is 3.89. The Labute approximate surface area is 189 Å². The third-order valence-electron chi connectivity index (χ3n) is 5.29. The van der Waals surface area contributed by atoms with Crippen LogP contribution in [0.1, 0.15) is 31.8 Å². The minimum atomic E-state index is -0.281. The molecule has 0 fully saturated rings. The monoisotopic (exact) mass is 435 g/mol. The lowest BCUT2D eigenvalue weighted by molar-refractivity contribution is 0.0990. The lowest BCUT2D eigenvalue weighted by Crippen LogP contribution is -2.03. The second kappa shape index (κ2) is 7.92. The molecule has 32 heavy (non-hydrogen) atoms. The number of nitrogens with zero attached hydrogens (tertiary/aromatic N) is 1. The van der Waals surface area contributed by atoms with Crippen molar-refractivity contribution in [3.63, 3.8) is 0 Å². The normalized spacial score (nSPS) is 12.7. The molecule has 0 bridgehead atoms. The molecule has 0 unspecified atom stereocenters. The second-order valence-electron chi connectivity index (χ2n) is 7.47. The first kappa shape index (κ1) is 19.9. The third kappa shape index (κ3) is 3.31. The number of aryl methyl sites for hydroxylation is 1. The minimum Gasteiger partial charge on any atom is -0.480 e. The molecule has 3 aromatic carbocycles. The van der Waals surface area contributed by atoms with Gasteiger partial charge in [0.15, 0.2) is 11.6 Å². The third-order valence-corrected chi connectivity index (χ3v) is 6.36. The number of thiazole rings is 1. The maximum absolute atomic E-state index is 12.9. The molecule has 4 nitrogen and oxygen atoms in total. The Morgan fingerprint density at radius 3 is 2.38 bits per heavy atom. The van der Waals surface area contributed by atoms with Gasteiger partial charge in [0.2, 0.25) is 0 Å². The second-order valence-corrected chi connectivity index (χ2v) is 8.50. The number of aromatic nitrogens is 1. The molecular weight excluding hydrogens is 418 g/mol. The molecule has 0 atom stereocenters. The number of para-hydroxylation sites is 1. The van der Waals surface area contributed by atoms with Crippen LogP contribution < -0.4 is 4.74 Å². The Balaban J connectivity index is 1.69. The summed E-state index contributed by atoms with van der Waals surface area (Å²) < 4.78 is 7.00. The average Bonchev–Trinajstić information content (AvgIpc) is 3.34. The van der Waals surface area contributed by atoms with Crippen LogP contribution in [0.3, 0.4) is 0 Å². The first-order valence-corrected chi connectivity index (χ1v) is 10.9. The molecule has 0 saturated carbocycles. The molecule has 0 saturated heterocycles. The summed E-state index contributed by atoms with van der Waals surface area (Å²) in [6, 6.07) is 18.6. The van der Waals surface area contributed by atoms with Gasteiger partial charge < -0.3 is 4.74 Å². The zero-order chi connectivity index (χ0) is 22.2. The number of ether oxygens (including phenoxy) is 1. The van der Waals surface area contributed by atoms with E-state index in [4.69, 9.17) is 16.1 Å². The van der Waals surface area contributed by atoms with Gasteiger partial charge >= 0.3 is 0 Å². The number of Topliss-reactive ketones (excluding diaryl/α,β-unsaturated/α-hetero) is 2. The lowest BCUT2D eigenvalue weighted by atomic mass is 10.0. The van der Waals surface area contributed by atoms with Gasteiger partial charge in [-0.1, -0.05) is 42.3 Å². The summed E-state index contributed by atoms with van der Waals surface area (Å²) in [6.45, 7) is 2.01. The van der Waals surface area contributed by atoms with Gasteiger partial charge in [0.1, 0.15) is 17.4 Å². The maximum Gasteiger partial charge on any atom is 0.197 e. The van der Waals surface area contributed by atoms with Crippen LogP contribution in [0.25, 0.3) is 26.9 Å². The summed E-state index contributed by atoms with van der Waals surface area (Å²) >= 11 is 1.55. The van der Waals surface area contributed by atoms with Gasteiger partial charge in [-0.2, -0.15) is 0 Å². The molecular formula is C27H17NO3S. The predicted molar refractivity (Wildman–Crippen MR) is 127 cm³/mol. The number of hydrogen-bond donors (Lipinski definition) is 0. The van der Waals surface area contributed by atoms with Crippen molar-refractivity contribution >= 4 is 39.2 Å². The Morgan fingerprint density at radius 1 is 1.00 bits per heavy atom. The van der Waals surface area contributed by atoms with Gasteiger partial charge in [0.25, 0.3) is 0 Å². The van der Waals surface area contributed by atoms with E-state index < -0.39 is 0 Å². The first-order valence-electron chi connectivity index (χ1n) is 10.0. The molecule has 0 radical (unpaired) electrons. The van der Waals surface area contributed by atoms with Crippen molar-refractivity contribution in [3.05, 3.63) is 88.5 Å². The van der Waals surface area contributed by atoms with E-state index in [1.165, 1.54) is 0 Å². The summed E-state index contributed by atoms with van der Waals surface area (Å²) in [5, 5.41) is 0.786. The van der Waals surface area contributed by atoms with Crippen LogP contribution in [-0.2, 0) is 0 Å². The Bertz CT molecular complexity index is 1420.